The average Bonchev–Trinajstić information content (AvgIpc) is 2.73. The molecule has 10 heteroatoms. The molecule has 0 saturated heterocycles. The number of hydrogen-bond donors (Lipinski definition) is 1. The van der Waals surface area contributed by atoms with Crippen molar-refractivity contribution in [3.05, 3.63) is 58.6 Å². The van der Waals surface area contributed by atoms with Gasteiger partial charge in [-0.25, -0.2) is 13.2 Å². The number of hydrogen-bond acceptors (Lipinski definition) is 6. The molecule has 0 atom stereocenters. The number of carbonyl (C=O) groups is 3. The molecular formula is C21H23ClN2O6S. The van der Waals surface area contributed by atoms with Crippen molar-refractivity contribution >= 4 is 45.0 Å². The molecule has 2 aromatic carbocycles. The minimum atomic E-state index is -3.80. The van der Waals surface area contributed by atoms with Gasteiger partial charge in [0.1, 0.15) is 0 Å². The Morgan fingerprint density at radius 3 is 2.29 bits per heavy atom. The van der Waals surface area contributed by atoms with Gasteiger partial charge < -0.3 is 10.1 Å². The van der Waals surface area contributed by atoms with Crippen LogP contribution in [-0.2, 0) is 19.6 Å². The molecule has 2 aromatic rings. The van der Waals surface area contributed by atoms with Crippen molar-refractivity contribution in [2.45, 2.75) is 25.7 Å². The van der Waals surface area contributed by atoms with E-state index in [0.29, 0.717) is 11.3 Å². The third-order valence-electron chi connectivity index (χ3n) is 4.42. The Morgan fingerprint density at radius 2 is 1.68 bits per heavy atom. The van der Waals surface area contributed by atoms with Crippen molar-refractivity contribution in [1.82, 2.24) is 4.31 Å². The average molecular weight is 467 g/mol. The predicted octanol–water partition coefficient (Wildman–Crippen LogP) is 3.37. The second kappa shape index (κ2) is 10.5. The molecule has 0 bridgehead atoms. The summed E-state index contributed by atoms with van der Waals surface area (Å²) >= 11 is 6.04. The Morgan fingerprint density at radius 1 is 1.03 bits per heavy atom. The van der Waals surface area contributed by atoms with Gasteiger partial charge in [0.2, 0.25) is 10.0 Å². The Hall–Kier alpha value is -2.75. The number of halogens is 1. The van der Waals surface area contributed by atoms with Crippen LogP contribution in [0.15, 0.2) is 47.4 Å². The molecule has 8 nitrogen and oxygen atoms in total. The van der Waals surface area contributed by atoms with E-state index in [1.54, 1.807) is 38.1 Å². The number of benzene rings is 2. The third-order valence-corrected chi connectivity index (χ3v) is 6.79. The van der Waals surface area contributed by atoms with Crippen molar-refractivity contribution < 1.29 is 27.5 Å². The number of nitrogens with zero attached hydrogens (tertiary/aromatic N) is 1. The molecule has 1 amide bonds. The number of rotatable bonds is 9. The van der Waals surface area contributed by atoms with Crippen LogP contribution in [0.4, 0.5) is 5.69 Å². The molecule has 1 N–H and O–H groups in total. The Balaban J connectivity index is 2.14. The number of para-hydroxylation sites is 1. The first kappa shape index (κ1) is 24.5. The van der Waals surface area contributed by atoms with E-state index in [1.165, 1.54) is 23.4 Å². The summed E-state index contributed by atoms with van der Waals surface area (Å²) in [6.07, 6.45) is 0. The van der Waals surface area contributed by atoms with Gasteiger partial charge in [-0.3, -0.25) is 9.59 Å². The maximum absolute atomic E-state index is 12.7. The fourth-order valence-electron chi connectivity index (χ4n) is 2.83. The summed E-state index contributed by atoms with van der Waals surface area (Å²) in [5.74, 6) is -1.84. The van der Waals surface area contributed by atoms with Crippen LogP contribution < -0.4 is 5.32 Å². The molecule has 0 spiro atoms. The molecule has 0 fully saturated rings. The maximum Gasteiger partial charge on any atom is 0.340 e. The smallest absolute Gasteiger partial charge is 0.340 e. The minimum Gasteiger partial charge on any atom is -0.452 e. The molecule has 0 radical (unpaired) electrons. The lowest BCUT2D eigenvalue weighted by Crippen LogP contribution is -2.30. The van der Waals surface area contributed by atoms with E-state index in [-0.39, 0.29) is 34.4 Å². The number of ketones is 1. The van der Waals surface area contributed by atoms with Crippen LogP contribution >= 0.6 is 11.6 Å². The van der Waals surface area contributed by atoms with Crippen molar-refractivity contribution in [2.24, 2.45) is 0 Å². The van der Waals surface area contributed by atoms with E-state index in [4.69, 9.17) is 16.3 Å². The lowest BCUT2D eigenvalue weighted by atomic mass is 10.1. The highest BCUT2D eigenvalue weighted by Crippen LogP contribution is 2.24. The molecule has 31 heavy (non-hydrogen) atoms. The largest absolute Gasteiger partial charge is 0.452 e. The van der Waals surface area contributed by atoms with Crippen LogP contribution in [0.5, 0.6) is 0 Å². The highest BCUT2D eigenvalue weighted by molar-refractivity contribution is 7.89. The summed E-state index contributed by atoms with van der Waals surface area (Å²) in [6.45, 7) is 4.66. The number of carbonyl (C=O) groups excluding carboxylic acids is 3. The summed E-state index contributed by atoms with van der Waals surface area (Å²) in [5, 5.41) is 2.50. The number of ether oxygens (including phenoxy) is 1. The molecule has 0 unspecified atom stereocenters. The Labute approximate surface area is 186 Å². The number of esters is 1. The van der Waals surface area contributed by atoms with E-state index in [1.807, 2.05) is 0 Å². The van der Waals surface area contributed by atoms with Crippen molar-refractivity contribution in [1.29, 1.82) is 0 Å². The molecule has 0 aliphatic carbocycles. The first-order valence-corrected chi connectivity index (χ1v) is 11.3. The van der Waals surface area contributed by atoms with Gasteiger partial charge in [0, 0.05) is 18.7 Å². The van der Waals surface area contributed by atoms with Gasteiger partial charge in [0.05, 0.1) is 21.2 Å². The zero-order valence-corrected chi connectivity index (χ0v) is 18.9. The van der Waals surface area contributed by atoms with Crippen LogP contribution in [-0.4, -0.2) is 50.1 Å². The summed E-state index contributed by atoms with van der Waals surface area (Å²) in [5.41, 5.74) is 0.438. The highest BCUT2D eigenvalue weighted by Gasteiger charge is 2.24. The number of sulfonamides is 1. The second-order valence-electron chi connectivity index (χ2n) is 6.46. The second-order valence-corrected chi connectivity index (χ2v) is 8.80. The van der Waals surface area contributed by atoms with Gasteiger partial charge in [-0.15, -0.1) is 0 Å². The number of anilines is 1. The fourth-order valence-corrected chi connectivity index (χ4v) is 4.51. The lowest BCUT2D eigenvalue weighted by molar-refractivity contribution is -0.119. The minimum absolute atomic E-state index is 0.00849. The molecule has 166 valence electrons. The Kier molecular flexibility index (Phi) is 8.32. The van der Waals surface area contributed by atoms with Crippen molar-refractivity contribution in [2.75, 3.05) is 25.0 Å². The molecule has 0 aliphatic heterocycles. The van der Waals surface area contributed by atoms with E-state index in [9.17, 15) is 22.8 Å². The van der Waals surface area contributed by atoms with E-state index in [0.717, 1.165) is 6.07 Å². The van der Waals surface area contributed by atoms with E-state index in [2.05, 4.69) is 5.32 Å². The van der Waals surface area contributed by atoms with Gasteiger partial charge in [-0.05, 0) is 37.3 Å². The van der Waals surface area contributed by atoms with Gasteiger partial charge in [-0.1, -0.05) is 37.6 Å². The number of Topliss-reactive ketones (excluding diaryl/α,β-unsaturated/α-hetero) is 1. The molecule has 0 aliphatic rings. The standard InChI is InChI=1S/C21H23ClN2O6S/c1-4-24(5-2)31(28,29)15-10-11-18(22)17(12-15)21(27)30-13-20(26)23-19-9-7-6-8-16(19)14(3)25/h6-12H,4-5,13H2,1-3H3,(H,23,26). The molecule has 0 saturated carbocycles. The summed E-state index contributed by atoms with van der Waals surface area (Å²) in [7, 11) is -3.80. The van der Waals surface area contributed by atoms with Gasteiger partial charge >= 0.3 is 5.97 Å². The molecule has 0 heterocycles. The van der Waals surface area contributed by atoms with Crippen molar-refractivity contribution in [3.63, 3.8) is 0 Å². The van der Waals surface area contributed by atoms with E-state index >= 15 is 0 Å². The third kappa shape index (κ3) is 5.90. The lowest BCUT2D eigenvalue weighted by Gasteiger charge is -2.19. The van der Waals surface area contributed by atoms with Crippen LogP contribution in [0.3, 0.4) is 0 Å². The van der Waals surface area contributed by atoms with Gasteiger partial charge in [0.15, 0.2) is 12.4 Å². The molecule has 2 rings (SSSR count). The van der Waals surface area contributed by atoms with Crippen LogP contribution in [0.2, 0.25) is 5.02 Å². The summed E-state index contributed by atoms with van der Waals surface area (Å²) in [6, 6.07) is 10.1. The highest BCUT2D eigenvalue weighted by atomic mass is 35.5. The van der Waals surface area contributed by atoms with Crippen LogP contribution in [0.1, 0.15) is 41.5 Å². The fraction of sp³-hybridized carbons (Fsp3) is 0.286. The summed E-state index contributed by atoms with van der Waals surface area (Å²) < 4.78 is 31.6. The van der Waals surface area contributed by atoms with Crippen molar-refractivity contribution in [3.8, 4) is 0 Å². The quantitative estimate of drug-likeness (QED) is 0.448. The number of amides is 1. The predicted molar refractivity (Wildman–Crippen MR) is 117 cm³/mol. The Bertz CT molecular complexity index is 1100. The van der Waals surface area contributed by atoms with Crippen LogP contribution in [0.25, 0.3) is 0 Å². The van der Waals surface area contributed by atoms with Gasteiger partial charge in [0.25, 0.3) is 5.91 Å². The van der Waals surface area contributed by atoms with Crippen LogP contribution in [0, 0.1) is 0 Å². The monoisotopic (exact) mass is 466 g/mol. The SMILES string of the molecule is CCN(CC)S(=O)(=O)c1ccc(Cl)c(C(=O)OCC(=O)Nc2ccccc2C(C)=O)c1. The normalized spacial score (nSPS) is 11.3. The first-order valence-electron chi connectivity index (χ1n) is 9.48. The zero-order valence-electron chi connectivity index (χ0n) is 17.3. The molecule has 0 aromatic heterocycles. The molecular weight excluding hydrogens is 444 g/mol. The topological polar surface area (TPSA) is 110 Å². The van der Waals surface area contributed by atoms with Gasteiger partial charge in [-0.2, -0.15) is 4.31 Å². The zero-order chi connectivity index (χ0) is 23.2. The van der Waals surface area contributed by atoms with E-state index < -0.39 is 28.5 Å². The maximum atomic E-state index is 12.7. The first-order chi connectivity index (χ1) is 14.6. The summed E-state index contributed by atoms with van der Waals surface area (Å²) in [4.78, 5) is 36.1. The number of nitrogens with one attached hydrogen (secondary N) is 1.